The number of hydrogen-bond acceptors (Lipinski definition) is 8. The van der Waals surface area contributed by atoms with Gasteiger partial charge in [-0.25, -0.2) is 18.2 Å². The van der Waals surface area contributed by atoms with Gasteiger partial charge in [-0.1, -0.05) is 6.07 Å². The average Bonchev–Trinajstić information content (AvgIpc) is 3.31. The van der Waals surface area contributed by atoms with Crippen molar-refractivity contribution in [2.75, 3.05) is 16.6 Å². The van der Waals surface area contributed by atoms with Crippen LogP contribution in [0.2, 0.25) is 0 Å². The summed E-state index contributed by atoms with van der Waals surface area (Å²) in [5.41, 5.74) is -0.284. The van der Waals surface area contributed by atoms with Gasteiger partial charge in [0.1, 0.15) is 5.56 Å². The summed E-state index contributed by atoms with van der Waals surface area (Å²) in [6.45, 7) is 1.70. The first-order chi connectivity index (χ1) is 16.6. The maximum absolute atomic E-state index is 13.1. The summed E-state index contributed by atoms with van der Waals surface area (Å²) in [4.78, 5) is 20.4. The van der Waals surface area contributed by atoms with Gasteiger partial charge in [-0.15, -0.1) is 11.3 Å². The average molecular weight is 523 g/mol. The molecule has 2 aromatic heterocycles. The number of sulfonamides is 1. The molecule has 4 rings (SSSR count). The van der Waals surface area contributed by atoms with Crippen molar-refractivity contribution in [1.29, 1.82) is 0 Å². The molecule has 0 aliphatic carbocycles. The second-order valence-electron chi connectivity index (χ2n) is 7.09. The molecule has 0 amide bonds. The highest BCUT2D eigenvalue weighted by molar-refractivity contribution is 7.93. The summed E-state index contributed by atoms with van der Waals surface area (Å²) >= 11 is 1.13. The van der Waals surface area contributed by atoms with Crippen LogP contribution in [0.3, 0.4) is 0 Å². The molecule has 4 aromatic rings. The SMILES string of the molecule is CCOC(=O)c1cnc2cc(C(F)(F)F)ccc2c1Nc1ccc(S(=O)(=O)Nc2nccs2)cc1. The van der Waals surface area contributed by atoms with Crippen LogP contribution in [0.5, 0.6) is 0 Å². The van der Waals surface area contributed by atoms with Gasteiger partial charge >= 0.3 is 12.1 Å². The molecule has 2 heterocycles. The van der Waals surface area contributed by atoms with Crippen molar-refractivity contribution in [1.82, 2.24) is 9.97 Å². The van der Waals surface area contributed by atoms with Gasteiger partial charge in [0.25, 0.3) is 10.0 Å². The number of nitrogens with zero attached hydrogens (tertiary/aromatic N) is 2. The van der Waals surface area contributed by atoms with Crippen molar-refractivity contribution in [3.63, 3.8) is 0 Å². The van der Waals surface area contributed by atoms with Gasteiger partial charge in [0.2, 0.25) is 0 Å². The summed E-state index contributed by atoms with van der Waals surface area (Å²) in [6, 6.07) is 8.59. The number of carbonyl (C=O) groups is 1. The van der Waals surface area contributed by atoms with Crippen LogP contribution in [0, 0.1) is 0 Å². The van der Waals surface area contributed by atoms with Crippen LogP contribution in [0.1, 0.15) is 22.8 Å². The second-order valence-corrected chi connectivity index (χ2v) is 9.67. The predicted molar refractivity (Wildman–Crippen MR) is 125 cm³/mol. The third-order valence-corrected chi connectivity index (χ3v) is 6.95. The maximum Gasteiger partial charge on any atom is 0.416 e. The minimum atomic E-state index is -4.56. The zero-order valence-corrected chi connectivity index (χ0v) is 19.6. The van der Waals surface area contributed by atoms with Gasteiger partial charge in [-0.2, -0.15) is 13.2 Å². The van der Waals surface area contributed by atoms with E-state index < -0.39 is 27.7 Å². The van der Waals surface area contributed by atoms with Crippen molar-refractivity contribution in [2.24, 2.45) is 0 Å². The van der Waals surface area contributed by atoms with Gasteiger partial charge in [0.05, 0.1) is 28.3 Å². The first kappa shape index (κ1) is 24.4. The Morgan fingerprint density at radius 2 is 1.86 bits per heavy atom. The second kappa shape index (κ2) is 9.50. The zero-order valence-electron chi connectivity index (χ0n) is 18.0. The summed E-state index contributed by atoms with van der Waals surface area (Å²) < 4.78 is 72.0. The van der Waals surface area contributed by atoms with E-state index in [2.05, 4.69) is 20.0 Å². The van der Waals surface area contributed by atoms with Crippen LogP contribution in [0.25, 0.3) is 10.9 Å². The summed E-state index contributed by atoms with van der Waals surface area (Å²) in [5.74, 6) is -0.712. The lowest BCUT2D eigenvalue weighted by Crippen LogP contribution is -2.13. The number of alkyl halides is 3. The van der Waals surface area contributed by atoms with Gasteiger partial charge in [-0.3, -0.25) is 9.71 Å². The number of fused-ring (bicyclic) bond motifs is 1. The largest absolute Gasteiger partial charge is 0.462 e. The molecule has 0 atom stereocenters. The van der Waals surface area contributed by atoms with Gasteiger partial charge in [0.15, 0.2) is 5.13 Å². The number of thiazole rings is 1. The molecule has 0 aliphatic heterocycles. The van der Waals surface area contributed by atoms with Crippen molar-refractivity contribution in [2.45, 2.75) is 18.0 Å². The molecular formula is C22H17F3N4O4S2. The van der Waals surface area contributed by atoms with Gasteiger partial charge < -0.3 is 10.1 Å². The Labute approximate surface area is 201 Å². The highest BCUT2D eigenvalue weighted by Crippen LogP contribution is 2.35. The number of anilines is 3. The van der Waals surface area contributed by atoms with Crippen LogP contribution in [-0.4, -0.2) is 31.0 Å². The van der Waals surface area contributed by atoms with Crippen molar-refractivity contribution in [3.8, 4) is 0 Å². The minimum absolute atomic E-state index is 0.0150. The molecule has 0 spiro atoms. The Morgan fingerprint density at radius 3 is 2.49 bits per heavy atom. The smallest absolute Gasteiger partial charge is 0.416 e. The standard InChI is InChI=1S/C22H17F3N4O4S2/c1-2-33-20(30)17-12-27-18-11-13(22(23,24)25)3-8-16(18)19(17)28-14-4-6-15(7-5-14)35(31,32)29-21-26-9-10-34-21/h3-12H,2H2,1H3,(H,26,29)(H,27,28). The fourth-order valence-electron chi connectivity index (χ4n) is 3.18. The number of rotatable bonds is 7. The zero-order chi connectivity index (χ0) is 25.2. The van der Waals surface area contributed by atoms with Gasteiger partial charge in [-0.05, 0) is 43.3 Å². The van der Waals surface area contributed by atoms with E-state index in [0.717, 1.165) is 29.7 Å². The van der Waals surface area contributed by atoms with Crippen molar-refractivity contribution >= 4 is 54.7 Å². The number of aromatic nitrogens is 2. The molecule has 0 aliphatic rings. The molecule has 0 saturated carbocycles. The molecule has 2 aromatic carbocycles. The first-order valence-electron chi connectivity index (χ1n) is 10.0. The van der Waals surface area contributed by atoms with Crippen molar-refractivity contribution in [3.05, 3.63) is 71.4 Å². The van der Waals surface area contributed by atoms with E-state index in [4.69, 9.17) is 4.74 Å². The van der Waals surface area contributed by atoms with E-state index in [-0.39, 0.29) is 38.8 Å². The Morgan fingerprint density at radius 1 is 1.11 bits per heavy atom. The monoisotopic (exact) mass is 522 g/mol. The summed E-state index contributed by atoms with van der Waals surface area (Å²) in [6.07, 6.45) is -1.95. The number of esters is 1. The molecule has 8 nitrogen and oxygen atoms in total. The molecule has 182 valence electrons. The number of nitrogens with one attached hydrogen (secondary N) is 2. The Hall–Kier alpha value is -3.71. The lowest BCUT2D eigenvalue weighted by atomic mass is 10.1. The molecule has 35 heavy (non-hydrogen) atoms. The Bertz CT molecular complexity index is 1470. The van der Waals surface area contributed by atoms with Crippen molar-refractivity contribution < 1.29 is 31.1 Å². The quantitative estimate of drug-likeness (QED) is 0.311. The fraction of sp³-hybridized carbons (Fsp3) is 0.136. The molecule has 0 radical (unpaired) electrons. The molecule has 0 bridgehead atoms. The Balaban J connectivity index is 1.71. The molecular weight excluding hydrogens is 505 g/mol. The Kier molecular flexibility index (Phi) is 6.63. The van der Waals surface area contributed by atoms with E-state index in [1.807, 2.05) is 0 Å². The lowest BCUT2D eigenvalue weighted by molar-refractivity contribution is -0.137. The lowest BCUT2D eigenvalue weighted by Gasteiger charge is -2.15. The maximum atomic E-state index is 13.1. The molecule has 2 N–H and O–H groups in total. The topological polar surface area (TPSA) is 110 Å². The van der Waals surface area contributed by atoms with Crippen LogP contribution < -0.4 is 10.0 Å². The fourth-order valence-corrected chi connectivity index (χ4v) is 4.97. The van der Waals surface area contributed by atoms with Crippen LogP contribution in [0.4, 0.5) is 29.7 Å². The minimum Gasteiger partial charge on any atom is -0.462 e. The van der Waals surface area contributed by atoms with E-state index in [1.54, 1.807) is 12.3 Å². The van der Waals surface area contributed by atoms with E-state index in [0.29, 0.717) is 5.69 Å². The number of hydrogen-bond donors (Lipinski definition) is 2. The van der Waals surface area contributed by atoms with E-state index >= 15 is 0 Å². The number of pyridine rings is 1. The van der Waals surface area contributed by atoms with E-state index in [9.17, 15) is 26.4 Å². The number of halogens is 3. The van der Waals surface area contributed by atoms with Gasteiger partial charge in [0, 0.05) is 28.8 Å². The number of carbonyl (C=O) groups excluding carboxylic acids is 1. The predicted octanol–water partition coefficient (Wildman–Crippen LogP) is 5.43. The number of ether oxygens (including phenoxy) is 1. The third-order valence-electron chi connectivity index (χ3n) is 4.78. The normalized spacial score (nSPS) is 11.9. The van der Waals surface area contributed by atoms with E-state index in [1.165, 1.54) is 36.5 Å². The molecule has 0 saturated heterocycles. The first-order valence-corrected chi connectivity index (χ1v) is 12.4. The van der Waals surface area contributed by atoms with Crippen LogP contribution in [0.15, 0.2) is 65.1 Å². The molecule has 0 unspecified atom stereocenters. The highest BCUT2D eigenvalue weighted by Gasteiger charge is 2.31. The van der Waals surface area contributed by atoms with Crippen LogP contribution >= 0.6 is 11.3 Å². The van der Waals surface area contributed by atoms with Crippen LogP contribution in [-0.2, 0) is 20.9 Å². The number of benzene rings is 2. The summed E-state index contributed by atoms with van der Waals surface area (Å²) in [5, 5.41) is 5.09. The molecule has 13 heteroatoms. The highest BCUT2D eigenvalue weighted by atomic mass is 32.2. The summed E-state index contributed by atoms with van der Waals surface area (Å²) in [7, 11) is -3.88. The third kappa shape index (κ3) is 5.35. The molecule has 0 fully saturated rings.